The van der Waals surface area contributed by atoms with E-state index in [1.54, 1.807) is 25.6 Å². The fraction of sp³-hybridized carbons (Fsp3) is 0.0526. The first-order chi connectivity index (χ1) is 12.7. The topological polar surface area (TPSA) is 92.8 Å². The average molecular weight is 345 g/mol. The average Bonchev–Trinajstić information content (AvgIpc) is 2.68. The maximum Gasteiger partial charge on any atom is 0.348 e. The molecule has 7 heteroatoms. The van der Waals surface area contributed by atoms with E-state index in [2.05, 4.69) is 25.3 Å². The Morgan fingerprint density at radius 3 is 2.54 bits per heavy atom. The monoisotopic (exact) mass is 345 g/mol. The summed E-state index contributed by atoms with van der Waals surface area (Å²) in [6.07, 6.45) is 3.37. The number of anilines is 2. The number of benzene rings is 1. The second-order valence-corrected chi connectivity index (χ2v) is 5.58. The van der Waals surface area contributed by atoms with Crippen molar-refractivity contribution in [1.82, 2.24) is 19.9 Å². The third-order valence-corrected chi connectivity index (χ3v) is 3.93. The summed E-state index contributed by atoms with van der Waals surface area (Å²) >= 11 is 0. The fourth-order valence-electron chi connectivity index (χ4n) is 2.64. The molecule has 0 saturated heterocycles. The summed E-state index contributed by atoms with van der Waals surface area (Å²) < 4.78 is 5.08. The fourth-order valence-corrected chi connectivity index (χ4v) is 2.64. The van der Waals surface area contributed by atoms with Gasteiger partial charge in [-0.2, -0.15) is 4.98 Å². The van der Waals surface area contributed by atoms with Crippen LogP contribution in [0.1, 0.15) is 0 Å². The first kappa shape index (κ1) is 15.8. The van der Waals surface area contributed by atoms with Crippen LogP contribution in [0.5, 0.6) is 5.88 Å². The Morgan fingerprint density at radius 1 is 1.00 bits per heavy atom. The van der Waals surface area contributed by atoms with E-state index in [9.17, 15) is 4.79 Å². The Kier molecular flexibility index (Phi) is 4.03. The van der Waals surface area contributed by atoms with Crippen LogP contribution in [0.2, 0.25) is 0 Å². The molecule has 0 saturated carbocycles. The number of aromatic nitrogens is 4. The van der Waals surface area contributed by atoms with Crippen molar-refractivity contribution in [3.05, 3.63) is 71.4 Å². The maximum absolute atomic E-state index is 11.7. The van der Waals surface area contributed by atoms with Crippen molar-refractivity contribution in [1.29, 1.82) is 0 Å². The molecule has 1 aromatic carbocycles. The number of fused-ring (bicyclic) bond motifs is 1. The van der Waals surface area contributed by atoms with Gasteiger partial charge < -0.3 is 10.1 Å². The first-order valence-electron chi connectivity index (χ1n) is 7.95. The van der Waals surface area contributed by atoms with E-state index < -0.39 is 5.69 Å². The third kappa shape index (κ3) is 3.10. The van der Waals surface area contributed by atoms with Gasteiger partial charge in [0.15, 0.2) is 5.65 Å². The van der Waals surface area contributed by atoms with Crippen LogP contribution in [0.25, 0.3) is 22.2 Å². The minimum absolute atomic E-state index is 0.402. The van der Waals surface area contributed by atoms with Crippen molar-refractivity contribution < 1.29 is 4.74 Å². The van der Waals surface area contributed by atoms with Crippen molar-refractivity contribution in [2.45, 2.75) is 0 Å². The van der Waals surface area contributed by atoms with Gasteiger partial charge in [-0.15, -0.1) is 0 Å². The lowest BCUT2D eigenvalue weighted by molar-refractivity contribution is 0.398. The Balaban J connectivity index is 1.63. The molecule has 4 aromatic rings. The molecule has 7 nitrogen and oxygen atoms in total. The Bertz CT molecular complexity index is 1110. The second-order valence-electron chi connectivity index (χ2n) is 5.58. The minimum Gasteiger partial charge on any atom is -0.481 e. The van der Waals surface area contributed by atoms with Gasteiger partial charge in [0, 0.05) is 29.7 Å². The normalized spacial score (nSPS) is 10.7. The molecule has 0 fully saturated rings. The van der Waals surface area contributed by atoms with Crippen molar-refractivity contribution in [3.8, 4) is 17.0 Å². The summed E-state index contributed by atoms with van der Waals surface area (Å²) in [5, 5.41) is 3.96. The largest absolute Gasteiger partial charge is 0.481 e. The molecular formula is C19H15N5O2. The quantitative estimate of drug-likeness (QED) is 0.590. The minimum atomic E-state index is -0.445. The van der Waals surface area contributed by atoms with Gasteiger partial charge in [-0.05, 0) is 35.9 Å². The maximum atomic E-state index is 11.7. The van der Waals surface area contributed by atoms with Crippen molar-refractivity contribution in [3.63, 3.8) is 0 Å². The van der Waals surface area contributed by atoms with E-state index in [1.807, 2.05) is 42.5 Å². The number of hydrogen-bond donors (Lipinski definition) is 2. The lowest BCUT2D eigenvalue weighted by Crippen LogP contribution is -2.13. The van der Waals surface area contributed by atoms with Crippen molar-refractivity contribution >= 4 is 22.5 Å². The van der Waals surface area contributed by atoms with Crippen LogP contribution < -0.4 is 15.7 Å². The van der Waals surface area contributed by atoms with Crippen LogP contribution in [0, 0.1) is 0 Å². The molecule has 0 unspecified atom stereocenters. The second kappa shape index (κ2) is 6.64. The predicted molar refractivity (Wildman–Crippen MR) is 99.7 cm³/mol. The molecule has 0 bridgehead atoms. The summed E-state index contributed by atoms with van der Waals surface area (Å²) in [7, 11) is 1.59. The SMILES string of the molecule is COc1ccc(-c2ccc(Nc3[nH]c(=O)nc4ncccc34)cc2)cn1. The lowest BCUT2D eigenvalue weighted by Gasteiger charge is -2.09. The number of ether oxygens (including phenoxy) is 1. The van der Waals surface area contributed by atoms with Crippen LogP contribution in [-0.4, -0.2) is 27.0 Å². The molecule has 0 aliphatic heterocycles. The van der Waals surface area contributed by atoms with Gasteiger partial charge in [-0.3, -0.25) is 4.98 Å². The summed E-state index contributed by atoms with van der Waals surface area (Å²) in [4.78, 5) is 26.6. The van der Waals surface area contributed by atoms with Crippen molar-refractivity contribution in [2.75, 3.05) is 12.4 Å². The van der Waals surface area contributed by atoms with E-state index >= 15 is 0 Å². The number of aromatic amines is 1. The van der Waals surface area contributed by atoms with Crippen LogP contribution in [0.15, 0.2) is 65.7 Å². The van der Waals surface area contributed by atoms with Crippen LogP contribution >= 0.6 is 0 Å². The molecule has 0 radical (unpaired) electrons. The number of rotatable bonds is 4. The molecule has 26 heavy (non-hydrogen) atoms. The van der Waals surface area contributed by atoms with Gasteiger partial charge in [-0.1, -0.05) is 12.1 Å². The van der Waals surface area contributed by atoms with Crippen LogP contribution in [-0.2, 0) is 0 Å². The number of methoxy groups -OCH3 is 1. The molecule has 2 N–H and O–H groups in total. The van der Waals surface area contributed by atoms with Gasteiger partial charge in [0.2, 0.25) is 5.88 Å². The molecule has 3 heterocycles. The number of nitrogens with zero attached hydrogens (tertiary/aromatic N) is 3. The van der Waals surface area contributed by atoms with E-state index in [0.717, 1.165) is 22.2 Å². The van der Waals surface area contributed by atoms with Gasteiger partial charge in [0.25, 0.3) is 0 Å². The predicted octanol–water partition coefficient (Wildman–Crippen LogP) is 3.13. The number of hydrogen-bond acceptors (Lipinski definition) is 6. The molecule has 4 rings (SSSR count). The van der Waals surface area contributed by atoms with E-state index in [1.165, 1.54) is 0 Å². The van der Waals surface area contributed by atoms with Gasteiger partial charge in [0.05, 0.1) is 12.5 Å². The highest BCUT2D eigenvalue weighted by atomic mass is 16.5. The zero-order valence-electron chi connectivity index (χ0n) is 13.9. The highest BCUT2D eigenvalue weighted by Gasteiger charge is 2.06. The zero-order chi connectivity index (χ0) is 17.9. The van der Waals surface area contributed by atoms with Gasteiger partial charge >= 0.3 is 5.69 Å². The molecule has 0 aliphatic rings. The zero-order valence-corrected chi connectivity index (χ0v) is 13.9. The molecule has 0 atom stereocenters. The smallest absolute Gasteiger partial charge is 0.348 e. The molecule has 0 aliphatic carbocycles. The van der Waals surface area contributed by atoms with Gasteiger partial charge in [-0.25, -0.2) is 14.8 Å². The van der Waals surface area contributed by atoms with Crippen LogP contribution in [0.3, 0.4) is 0 Å². The van der Waals surface area contributed by atoms with E-state index in [4.69, 9.17) is 4.74 Å². The molecular weight excluding hydrogens is 330 g/mol. The summed E-state index contributed by atoms with van der Waals surface area (Å²) in [5.41, 5.74) is 2.81. The third-order valence-electron chi connectivity index (χ3n) is 3.93. The van der Waals surface area contributed by atoms with Gasteiger partial charge in [0.1, 0.15) is 5.82 Å². The lowest BCUT2D eigenvalue weighted by atomic mass is 10.1. The molecule has 0 spiro atoms. The Hall–Kier alpha value is -3.74. The Morgan fingerprint density at radius 2 is 1.81 bits per heavy atom. The number of H-pyrrole nitrogens is 1. The molecule has 3 aromatic heterocycles. The summed E-state index contributed by atoms with van der Waals surface area (Å²) in [5.74, 6) is 1.14. The highest BCUT2D eigenvalue weighted by molar-refractivity contribution is 5.88. The number of nitrogens with one attached hydrogen (secondary N) is 2. The van der Waals surface area contributed by atoms with E-state index in [-0.39, 0.29) is 0 Å². The molecule has 128 valence electrons. The van der Waals surface area contributed by atoms with Crippen LogP contribution in [0.4, 0.5) is 11.5 Å². The molecule has 0 amide bonds. The standard InChI is InChI=1S/C19H15N5O2/c1-26-16-9-6-13(11-21-16)12-4-7-14(8-5-12)22-18-15-3-2-10-20-17(15)23-19(25)24-18/h2-11H,1H3,(H2,20,22,23,24,25). The summed E-state index contributed by atoms with van der Waals surface area (Å²) in [6.45, 7) is 0. The highest BCUT2D eigenvalue weighted by Crippen LogP contribution is 2.25. The number of pyridine rings is 2. The summed E-state index contributed by atoms with van der Waals surface area (Å²) in [6, 6.07) is 15.2. The van der Waals surface area contributed by atoms with Crippen molar-refractivity contribution in [2.24, 2.45) is 0 Å². The first-order valence-corrected chi connectivity index (χ1v) is 7.95. The van der Waals surface area contributed by atoms with E-state index in [0.29, 0.717) is 17.3 Å². The Labute approximate surface area is 148 Å².